The van der Waals surface area contributed by atoms with Crippen LogP contribution in [0.4, 0.5) is 0 Å². The Labute approximate surface area is 107 Å². The number of carbonyl (C=O) groups excluding carboxylic acids is 1. The molecular weight excluding hydrogens is 262 g/mol. The molecule has 0 aromatic carbocycles. The van der Waals surface area contributed by atoms with Crippen molar-refractivity contribution in [1.29, 1.82) is 5.41 Å². The van der Waals surface area contributed by atoms with Gasteiger partial charge in [0.05, 0.1) is 6.61 Å². The zero-order valence-electron chi connectivity index (χ0n) is 8.86. The molecule has 1 atom stereocenters. The van der Waals surface area contributed by atoms with Gasteiger partial charge in [0.2, 0.25) is 0 Å². The van der Waals surface area contributed by atoms with E-state index in [-0.39, 0.29) is 12.4 Å². The summed E-state index contributed by atoms with van der Waals surface area (Å²) in [6, 6.07) is 0. The molecule has 1 fully saturated rings. The number of nitrogens with zero attached hydrogens (tertiary/aromatic N) is 4. The number of ether oxygens (including phenoxy) is 1. The summed E-state index contributed by atoms with van der Waals surface area (Å²) < 4.78 is 6.73. The Morgan fingerprint density at radius 2 is 2.29 bits per heavy atom. The average molecular weight is 271 g/mol. The van der Waals surface area contributed by atoms with Crippen LogP contribution in [-0.2, 0) is 9.53 Å². The maximum Gasteiger partial charge on any atom is 0.327 e. The van der Waals surface area contributed by atoms with Crippen molar-refractivity contribution in [2.24, 2.45) is 0 Å². The molecule has 7 nitrogen and oxygen atoms in total. The minimum atomic E-state index is -0.718. The number of nitrogens with one attached hydrogen (secondary N) is 1. The van der Waals surface area contributed by atoms with Gasteiger partial charge in [-0.15, -0.1) is 10.2 Å². The summed E-state index contributed by atoms with van der Waals surface area (Å²) in [5, 5.41) is 15.9. The number of hydrogen-bond donors (Lipinski definition) is 1. The van der Waals surface area contributed by atoms with Crippen LogP contribution in [0.5, 0.6) is 0 Å². The van der Waals surface area contributed by atoms with Crippen LogP contribution < -0.4 is 5.01 Å². The quantitative estimate of drug-likeness (QED) is 0.619. The molecule has 0 amide bonds. The second-order valence-electron chi connectivity index (χ2n) is 3.05. The van der Waals surface area contributed by atoms with E-state index in [0.717, 1.165) is 11.8 Å². The highest BCUT2D eigenvalue weighted by Crippen LogP contribution is 2.27. The fourth-order valence-electron chi connectivity index (χ4n) is 1.31. The van der Waals surface area contributed by atoms with E-state index < -0.39 is 11.2 Å². The van der Waals surface area contributed by atoms with Gasteiger partial charge in [0.15, 0.2) is 9.57 Å². The lowest BCUT2D eigenvalue weighted by molar-refractivity contribution is -0.141. The zero-order valence-corrected chi connectivity index (χ0v) is 10.5. The van der Waals surface area contributed by atoms with Gasteiger partial charge in [-0.05, 0) is 6.92 Å². The van der Waals surface area contributed by atoms with Gasteiger partial charge in [-0.3, -0.25) is 10.2 Å². The summed E-state index contributed by atoms with van der Waals surface area (Å²) in [4.78, 5) is 11.6. The fraction of sp³-hybridized carbons (Fsp3) is 0.375. The van der Waals surface area contributed by atoms with E-state index in [1.54, 1.807) is 6.92 Å². The van der Waals surface area contributed by atoms with E-state index in [1.165, 1.54) is 22.3 Å². The molecule has 90 valence electrons. The van der Waals surface area contributed by atoms with E-state index in [0.29, 0.717) is 4.32 Å². The zero-order chi connectivity index (χ0) is 12.4. The minimum absolute atomic E-state index is 0.0539. The number of aromatic nitrogens is 3. The van der Waals surface area contributed by atoms with Crippen LogP contribution in [0.25, 0.3) is 0 Å². The van der Waals surface area contributed by atoms with Gasteiger partial charge in [-0.1, -0.05) is 24.0 Å². The van der Waals surface area contributed by atoms with Gasteiger partial charge in [-0.2, -0.15) is 0 Å². The number of rotatable bonds is 3. The molecule has 1 aliphatic heterocycles. The lowest BCUT2D eigenvalue weighted by Crippen LogP contribution is -2.41. The molecule has 1 aromatic heterocycles. The predicted molar refractivity (Wildman–Crippen MR) is 66.6 cm³/mol. The normalized spacial score (nSPS) is 19.8. The molecule has 17 heavy (non-hydrogen) atoms. The van der Waals surface area contributed by atoms with Gasteiger partial charge < -0.3 is 4.74 Å². The van der Waals surface area contributed by atoms with Crippen LogP contribution in [0.3, 0.4) is 0 Å². The molecule has 0 aliphatic carbocycles. The van der Waals surface area contributed by atoms with Crippen LogP contribution in [0.15, 0.2) is 12.7 Å². The minimum Gasteiger partial charge on any atom is -0.465 e. The van der Waals surface area contributed by atoms with E-state index in [4.69, 9.17) is 22.4 Å². The molecule has 0 bridgehead atoms. The molecule has 1 saturated heterocycles. The van der Waals surface area contributed by atoms with Gasteiger partial charge in [0, 0.05) is 0 Å². The molecule has 0 spiro atoms. The first-order chi connectivity index (χ1) is 8.15. The summed E-state index contributed by atoms with van der Waals surface area (Å²) in [5.41, 5.74) is 0. The van der Waals surface area contributed by atoms with Crippen LogP contribution in [0.2, 0.25) is 0 Å². The van der Waals surface area contributed by atoms with Crippen LogP contribution in [0.1, 0.15) is 6.92 Å². The standard InChI is InChI=1S/C8H9N5O2S2/c1-2-15-7(14)5-6(9)13(8(16)17-5)12-3-10-11-4-12/h3-5,9H,2H2,1H3. The maximum atomic E-state index is 11.6. The summed E-state index contributed by atoms with van der Waals surface area (Å²) in [6.45, 7) is 2.00. The Bertz CT molecular complexity index is 460. The van der Waals surface area contributed by atoms with Crippen LogP contribution in [-0.4, -0.2) is 42.9 Å². The Morgan fingerprint density at radius 1 is 1.65 bits per heavy atom. The molecule has 0 saturated carbocycles. The molecule has 9 heteroatoms. The first-order valence-corrected chi connectivity index (χ1v) is 6.04. The largest absolute Gasteiger partial charge is 0.465 e. The van der Waals surface area contributed by atoms with Crippen LogP contribution >= 0.6 is 24.0 Å². The highest BCUT2D eigenvalue weighted by atomic mass is 32.2. The Balaban J connectivity index is 2.20. The van der Waals surface area contributed by atoms with E-state index >= 15 is 0 Å². The smallest absolute Gasteiger partial charge is 0.327 e. The van der Waals surface area contributed by atoms with Crippen molar-refractivity contribution in [3.8, 4) is 0 Å². The second-order valence-corrected chi connectivity index (χ2v) is 4.79. The first-order valence-electron chi connectivity index (χ1n) is 4.76. The third-order valence-electron chi connectivity index (χ3n) is 2.01. The molecular formula is C8H9N5O2S2. The Hall–Kier alpha value is -1.48. The summed E-state index contributed by atoms with van der Waals surface area (Å²) in [7, 11) is 0. The number of esters is 1. The number of amidine groups is 1. The molecule has 1 unspecified atom stereocenters. The van der Waals surface area contributed by atoms with Crippen molar-refractivity contribution in [3.05, 3.63) is 12.7 Å². The molecule has 1 N–H and O–H groups in total. The fourth-order valence-corrected chi connectivity index (χ4v) is 2.66. The summed E-state index contributed by atoms with van der Waals surface area (Å²) >= 11 is 6.22. The molecule has 1 aliphatic rings. The maximum absolute atomic E-state index is 11.6. The summed E-state index contributed by atoms with van der Waals surface area (Å²) in [6.07, 6.45) is 2.82. The third kappa shape index (κ3) is 2.15. The molecule has 2 rings (SSSR count). The van der Waals surface area contributed by atoms with E-state index in [9.17, 15) is 4.79 Å². The van der Waals surface area contributed by atoms with Crippen molar-refractivity contribution >= 4 is 40.1 Å². The average Bonchev–Trinajstić information content (AvgIpc) is 2.87. The highest BCUT2D eigenvalue weighted by molar-refractivity contribution is 8.25. The molecule has 1 aromatic rings. The predicted octanol–water partition coefficient (Wildman–Crippen LogP) is 0.157. The van der Waals surface area contributed by atoms with Crippen molar-refractivity contribution in [2.45, 2.75) is 12.2 Å². The van der Waals surface area contributed by atoms with Gasteiger partial charge in [0.25, 0.3) is 0 Å². The monoisotopic (exact) mass is 271 g/mol. The summed E-state index contributed by atoms with van der Waals surface area (Å²) in [5.74, 6) is -0.404. The number of carbonyl (C=O) groups is 1. The lowest BCUT2D eigenvalue weighted by Gasteiger charge is -2.16. The lowest BCUT2D eigenvalue weighted by atomic mass is 10.4. The van der Waals surface area contributed by atoms with Gasteiger partial charge in [-0.25, -0.2) is 9.69 Å². The molecule has 2 heterocycles. The topological polar surface area (TPSA) is 84.1 Å². The highest BCUT2D eigenvalue weighted by Gasteiger charge is 2.40. The SMILES string of the molecule is CCOC(=O)C1SC(=S)N(n2cnnc2)C1=N. The van der Waals surface area contributed by atoms with Crippen LogP contribution in [0, 0.1) is 5.41 Å². The van der Waals surface area contributed by atoms with Crippen molar-refractivity contribution in [3.63, 3.8) is 0 Å². The van der Waals surface area contributed by atoms with Crippen molar-refractivity contribution in [2.75, 3.05) is 11.6 Å². The molecule has 0 radical (unpaired) electrons. The van der Waals surface area contributed by atoms with E-state index in [1.807, 2.05) is 0 Å². The number of hydrogen-bond acceptors (Lipinski definition) is 7. The van der Waals surface area contributed by atoms with Crippen molar-refractivity contribution < 1.29 is 9.53 Å². The number of thioether (sulfide) groups is 1. The first kappa shape index (κ1) is 12.0. The Kier molecular flexibility index (Phi) is 3.38. The van der Waals surface area contributed by atoms with Crippen molar-refractivity contribution in [1.82, 2.24) is 14.9 Å². The number of thiocarbonyl (C=S) groups is 1. The Morgan fingerprint density at radius 3 is 2.88 bits per heavy atom. The van der Waals surface area contributed by atoms with E-state index in [2.05, 4.69) is 10.2 Å². The second kappa shape index (κ2) is 4.80. The third-order valence-corrected chi connectivity index (χ3v) is 3.49. The van der Waals surface area contributed by atoms with Gasteiger partial charge >= 0.3 is 5.97 Å². The van der Waals surface area contributed by atoms with Gasteiger partial charge in [0.1, 0.15) is 18.5 Å².